The highest BCUT2D eigenvalue weighted by atomic mass is 19.2. The number of carbonyl (C=O) groups excluding carboxylic acids is 1. The molecule has 0 aliphatic heterocycles. The van der Waals surface area contributed by atoms with Crippen LogP contribution in [0.15, 0.2) is 22.7 Å². The van der Waals surface area contributed by atoms with Gasteiger partial charge in [-0.25, -0.2) is 18.4 Å². The zero-order chi connectivity index (χ0) is 14.9. The summed E-state index contributed by atoms with van der Waals surface area (Å²) in [4.78, 5) is 22.0. The van der Waals surface area contributed by atoms with Crippen LogP contribution >= 0.6 is 0 Å². The molecule has 0 spiro atoms. The molecule has 2 rings (SSSR count). The van der Waals surface area contributed by atoms with Gasteiger partial charge in [-0.05, 0) is 12.1 Å². The molecule has 1 N–H and O–H groups in total. The third kappa shape index (κ3) is 2.35. The zero-order valence-corrected chi connectivity index (χ0v) is 10.0. The van der Waals surface area contributed by atoms with E-state index in [1.54, 1.807) is 0 Å². The summed E-state index contributed by atoms with van der Waals surface area (Å²) in [5.41, 5.74) is -1.07. The van der Waals surface area contributed by atoms with Crippen LogP contribution in [0.3, 0.4) is 0 Å². The summed E-state index contributed by atoms with van der Waals surface area (Å²) in [6.45, 7) is 0. The van der Waals surface area contributed by atoms with Gasteiger partial charge < -0.3 is 14.4 Å². The molecule has 0 amide bonds. The van der Waals surface area contributed by atoms with Crippen molar-refractivity contribution in [3.63, 3.8) is 0 Å². The van der Waals surface area contributed by atoms with Crippen molar-refractivity contribution in [1.29, 1.82) is 0 Å². The monoisotopic (exact) mass is 283 g/mol. The molecule has 0 saturated carbocycles. The number of hydrogen-bond donors (Lipinski definition) is 1. The third-order valence-corrected chi connectivity index (χ3v) is 2.45. The average molecular weight is 283 g/mol. The molecule has 0 bridgehead atoms. The third-order valence-electron chi connectivity index (χ3n) is 2.45. The quantitative estimate of drug-likeness (QED) is 0.867. The van der Waals surface area contributed by atoms with Crippen LogP contribution < -0.4 is 0 Å². The molecule has 1 aromatic heterocycles. The molecular weight excluding hydrogens is 276 g/mol. The van der Waals surface area contributed by atoms with Crippen molar-refractivity contribution in [2.75, 3.05) is 7.11 Å². The lowest BCUT2D eigenvalue weighted by atomic mass is 10.1. The summed E-state index contributed by atoms with van der Waals surface area (Å²) in [6.07, 6.45) is 0. The second kappa shape index (κ2) is 5.08. The number of esters is 1. The van der Waals surface area contributed by atoms with Crippen LogP contribution in [-0.2, 0) is 4.74 Å². The number of carboxylic acids is 1. The van der Waals surface area contributed by atoms with Crippen molar-refractivity contribution in [2.24, 2.45) is 0 Å². The minimum atomic E-state index is -1.36. The largest absolute Gasteiger partial charge is 0.476 e. The first kappa shape index (κ1) is 13.7. The standard InChI is InChI=1S/C12H7F2NO5/c1-19-12(18)6-2-5(3-7(13)10(6)14)9-4-8(11(16)17)15-20-9/h2-4H,1H3,(H,16,17). The highest BCUT2D eigenvalue weighted by Crippen LogP contribution is 2.25. The van der Waals surface area contributed by atoms with E-state index in [1.807, 2.05) is 0 Å². The number of carboxylic acid groups (broad SMARTS) is 1. The first-order valence-electron chi connectivity index (χ1n) is 5.21. The molecule has 1 heterocycles. The van der Waals surface area contributed by atoms with Crippen molar-refractivity contribution < 1.29 is 32.7 Å². The second-order valence-electron chi connectivity index (χ2n) is 3.69. The topological polar surface area (TPSA) is 89.6 Å². The first-order valence-corrected chi connectivity index (χ1v) is 5.21. The Morgan fingerprint density at radius 3 is 2.55 bits per heavy atom. The Morgan fingerprint density at radius 1 is 1.30 bits per heavy atom. The number of hydrogen-bond acceptors (Lipinski definition) is 5. The van der Waals surface area contributed by atoms with Gasteiger partial charge in [-0.15, -0.1) is 0 Å². The van der Waals surface area contributed by atoms with Crippen LogP contribution in [0.25, 0.3) is 11.3 Å². The molecule has 6 nitrogen and oxygen atoms in total. The maximum Gasteiger partial charge on any atom is 0.358 e. The fraction of sp³-hybridized carbons (Fsp3) is 0.0833. The Morgan fingerprint density at radius 2 is 2.00 bits per heavy atom. The minimum absolute atomic E-state index is 0.0377. The van der Waals surface area contributed by atoms with Gasteiger partial charge in [-0.3, -0.25) is 0 Å². The number of aromatic nitrogens is 1. The average Bonchev–Trinajstić information content (AvgIpc) is 2.90. The predicted octanol–water partition coefficient (Wildman–Crippen LogP) is 2.10. The number of aromatic carboxylic acids is 1. The maximum atomic E-state index is 13.5. The molecule has 0 atom stereocenters. The molecule has 0 aliphatic carbocycles. The second-order valence-corrected chi connectivity index (χ2v) is 3.69. The van der Waals surface area contributed by atoms with E-state index >= 15 is 0 Å². The highest BCUT2D eigenvalue weighted by Gasteiger charge is 2.20. The van der Waals surface area contributed by atoms with Gasteiger partial charge in [0.1, 0.15) is 0 Å². The van der Waals surface area contributed by atoms with Crippen molar-refractivity contribution in [3.8, 4) is 11.3 Å². The van der Waals surface area contributed by atoms with Crippen LogP contribution in [0.2, 0.25) is 0 Å². The highest BCUT2D eigenvalue weighted by molar-refractivity contribution is 5.91. The van der Waals surface area contributed by atoms with Crippen molar-refractivity contribution in [2.45, 2.75) is 0 Å². The lowest BCUT2D eigenvalue weighted by Crippen LogP contribution is -2.06. The van der Waals surface area contributed by atoms with Crippen LogP contribution in [0.5, 0.6) is 0 Å². The summed E-state index contributed by atoms with van der Waals surface area (Å²) in [6, 6.07) is 2.76. The number of nitrogens with zero attached hydrogens (tertiary/aromatic N) is 1. The molecule has 104 valence electrons. The van der Waals surface area contributed by atoms with Crippen LogP contribution in [0, 0.1) is 11.6 Å². The lowest BCUT2D eigenvalue weighted by molar-refractivity contribution is 0.0593. The number of methoxy groups -OCH3 is 1. The smallest absolute Gasteiger partial charge is 0.358 e. The van der Waals surface area contributed by atoms with Gasteiger partial charge >= 0.3 is 11.9 Å². The van der Waals surface area contributed by atoms with E-state index in [0.29, 0.717) is 0 Å². The fourth-order valence-corrected chi connectivity index (χ4v) is 1.50. The Labute approximate surface area is 110 Å². The Kier molecular flexibility index (Phi) is 3.47. The molecular formula is C12H7F2NO5. The molecule has 2 aromatic rings. The number of rotatable bonds is 3. The Balaban J connectivity index is 2.54. The Bertz CT molecular complexity index is 695. The van der Waals surface area contributed by atoms with E-state index < -0.39 is 34.8 Å². The number of benzene rings is 1. The minimum Gasteiger partial charge on any atom is -0.476 e. The van der Waals surface area contributed by atoms with Gasteiger partial charge in [0.15, 0.2) is 23.1 Å². The molecule has 20 heavy (non-hydrogen) atoms. The van der Waals surface area contributed by atoms with Gasteiger partial charge in [0.2, 0.25) is 0 Å². The molecule has 0 unspecified atom stereocenters. The van der Waals surface area contributed by atoms with Crippen LogP contribution in [-0.4, -0.2) is 29.3 Å². The number of halogens is 2. The molecule has 0 saturated heterocycles. The van der Waals surface area contributed by atoms with Gasteiger partial charge in [-0.1, -0.05) is 5.16 Å². The van der Waals surface area contributed by atoms with Gasteiger partial charge in [-0.2, -0.15) is 0 Å². The molecule has 0 radical (unpaired) electrons. The molecule has 1 aromatic carbocycles. The van der Waals surface area contributed by atoms with E-state index in [0.717, 1.165) is 25.3 Å². The van der Waals surface area contributed by atoms with Gasteiger partial charge in [0.05, 0.1) is 12.7 Å². The SMILES string of the molecule is COC(=O)c1cc(-c2cc(C(=O)O)no2)cc(F)c1F. The summed E-state index contributed by atoms with van der Waals surface area (Å²) in [5.74, 6) is -5.18. The predicted molar refractivity (Wildman–Crippen MR) is 60.2 cm³/mol. The fourth-order valence-electron chi connectivity index (χ4n) is 1.50. The van der Waals surface area contributed by atoms with E-state index in [9.17, 15) is 18.4 Å². The van der Waals surface area contributed by atoms with E-state index in [1.165, 1.54) is 0 Å². The van der Waals surface area contributed by atoms with E-state index in [2.05, 4.69) is 9.89 Å². The van der Waals surface area contributed by atoms with Crippen molar-refractivity contribution in [1.82, 2.24) is 5.16 Å². The first-order chi connectivity index (χ1) is 9.43. The summed E-state index contributed by atoms with van der Waals surface area (Å²) >= 11 is 0. The maximum absolute atomic E-state index is 13.5. The van der Waals surface area contributed by atoms with Gasteiger partial charge in [0, 0.05) is 11.6 Å². The normalized spacial score (nSPS) is 10.3. The van der Waals surface area contributed by atoms with E-state index in [4.69, 9.17) is 9.63 Å². The number of carbonyl (C=O) groups is 2. The van der Waals surface area contributed by atoms with Crippen LogP contribution in [0.4, 0.5) is 8.78 Å². The lowest BCUT2D eigenvalue weighted by Gasteiger charge is -2.04. The Hall–Kier alpha value is -2.77. The van der Waals surface area contributed by atoms with E-state index in [-0.39, 0.29) is 11.3 Å². The summed E-state index contributed by atoms with van der Waals surface area (Å²) < 4.78 is 35.9. The van der Waals surface area contributed by atoms with Gasteiger partial charge in [0.25, 0.3) is 0 Å². The molecule has 0 fully saturated rings. The molecule has 0 aliphatic rings. The van der Waals surface area contributed by atoms with Crippen molar-refractivity contribution >= 4 is 11.9 Å². The van der Waals surface area contributed by atoms with Crippen molar-refractivity contribution in [3.05, 3.63) is 41.1 Å². The summed E-state index contributed by atoms with van der Waals surface area (Å²) in [5, 5.41) is 11.9. The number of ether oxygens (including phenoxy) is 1. The molecule has 8 heteroatoms. The summed E-state index contributed by atoms with van der Waals surface area (Å²) in [7, 11) is 1.02. The zero-order valence-electron chi connectivity index (χ0n) is 10.0. The van der Waals surface area contributed by atoms with Crippen LogP contribution in [0.1, 0.15) is 20.8 Å².